The number of amides is 1. The first-order valence-electron chi connectivity index (χ1n) is 7.63. The maximum Gasteiger partial charge on any atom is 0.217 e. The molecule has 5 heteroatoms. The Labute approximate surface area is 148 Å². The first kappa shape index (κ1) is 15.2. The zero-order valence-electron chi connectivity index (χ0n) is 13.0. The van der Waals surface area contributed by atoms with Crippen molar-refractivity contribution in [3.8, 4) is 11.1 Å². The van der Waals surface area contributed by atoms with Gasteiger partial charge < -0.3 is 10.3 Å². The third-order valence-electron chi connectivity index (χ3n) is 4.06. The van der Waals surface area contributed by atoms with Crippen molar-refractivity contribution in [1.82, 2.24) is 10.3 Å². The Morgan fingerprint density at radius 3 is 2.88 bits per heavy atom. The van der Waals surface area contributed by atoms with Crippen LogP contribution >= 0.6 is 22.9 Å². The summed E-state index contributed by atoms with van der Waals surface area (Å²) in [7, 11) is 0. The third kappa shape index (κ3) is 2.79. The number of carbonyl (C=O) groups is 1. The van der Waals surface area contributed by atoms with E-state index in [4.69, 9.17) is 11.6 Å². The third-order valence-corrected chi connectivity index (χ3v) is 5.27. The van der Waals surface area contributed by atoms with Crippen LogP contribution in [-0.2, 0) is 11.3 Å². The quantitative estimate of drug-likeness (QED) is 0.512. The summed E-state index contributed by atoms with van der Waals surface area (Å²) in [5, 5.41) is 7.89. The summed E-state index contributed by atoms with van der Waals surface area (Å²) in [5.41, 5.74) is 4.08. The van der Waals surface area contributed by atoms with Gasteiger partial charge in [0.25, 0.3) is 0 Å². The van der Waals surface area contributed by atoms with Crippen LogP contribution in [0.5, 0.6) is 0 Å². The first-order chi connectivity index (χ1) is 11.6. The Hall–Kier alpha value is -2.30. The summed E-state index contributed by atoms with van der Waals surface area (Å²) in [5.74, 6) is -0.0450. The zero-order valence-corrected chi connectivity index (χ0v) is 14.6. The normalized spacial score (nSPS) is 11.2. The van der Waals surface area contributed by atoms with Crippen LogP contribution in [-0.4, -0.2) is 10.9 Å². The van der Waals surface area contributed by atoms with E-state index >= 15 is 0 Å². The van der Waals surface area contributed by atoms with Gasteiger partial charge in [-0.2, -0.15) is 0 Å². The Kier molecular flexibility index (Phi) is 3.79. The second-order valence-electron chi connectivity index (χ2n) is 5.80. The van der Waals surface area contributed by atoms with Gasteiger partial charge in [0.05, 0.1) is 6.54 Å². The standard InChI is InChI=1S/C19H15ClN2OS/c1-11(23)21-10-15-7-14-8-17(20)16(9-18(14)22-15)12-2-3-19-13(6-12)4-5-24-19/h2-9,22H,10H2,1H3,(H,21,23). The van der Waals surface area contributed by atoms with Crippen molar-refractivity contribution in [3.05, 3.63) is 58.6 Å². The van der Waals surface area contributed by atoms with E-state index in [-0.39, 0.29) is 5.91 Å². The minimum Gasteiger partial charge on any atom is -0.357 e. The molecule has 4 aromatic rings. The minimum absolute atomic E-state index is 0.0450. The van der Waals surface area contributed by atoms with E-state index in [0.717, 1.165) is 32.7 Å². The van der Waals surface area contributed by atoms with E-state index in [0.29, 0.717) is 6.54 Å². The fraction of sp³-hybridized carbons (Fsp3) is 0.105. The molecule has 0 aliphatic carbocycles. The molecule has 0 bridgehead atoms. The number of nitrogens with one attached hydrogen (secondary N) is 2. The van der Waals surface area contributed by atoms with Gasteiger partial charge >= 0.3 is 0 Å². The van der Waals surface area contributed by atoms with Gasteiger partial charge in [0.2, 0.25) is 5.91 Å². The van der Waals surface area contributed by atoms with Crippen LogP contribution in [0.4, 0.5) is 0 Å². The van der Waals surface area contributed by atoms with Gasteiger partial charge in [0.15, 0.2) is 0 Å². The minimum atomic E-state index is -0.0450. The summed E-state index contributed by atoms with van der Waals surface area (Å²) in [4.78, 5) is 14.4. The lowest BCUT2D eigenvalue weighted by atomic mass is 10.0. The van der Waals surface area contributed by atoms with Crippen molar-refractivity contribution >= 4 is 49.8 Å². The number of hydrogen-bond acceptors (Lipinski definition) is 2. The smallest absolute Gasteiger partial charge is 0.217 e. The molecule has 0 saturated heterocycles. The Balaban J connectivity index is 1.77. The zero-order chi connectivity index (χ0) is 16.7. The number of aromatic amines is 1. The number of thiophene rings is 1. The Bertz CT molecular complexity index is 1060. The molecule has 0 radical (unpaired) electrons. The molecule has 0 saturated carbocycles. The van der Waals surface area contributed by atoms with Crippen molar-refractivity contribution < 1.29 is 4.79 Å². The number of halogens is 1. The fourth-order valence-electron chi connectivity index (χ4n) is 2.88. The van der Waals surface area contributed by atoms with Crippen LogP contribution < -0.4 is 5.32 Å². The molecule has 2 N–H and O–H groups in total. The number of carbonyl (C=O) groups excluding carboxylic acids is 1. The molecule has 0 atom stereocenters. The Morgan fingerprint density at radius 1 is 1.17 bits per heavy atom. The maximum absolute atomic E-state index is 11.1. The molecule has 3 nitrogen and oxygen atoms in total. The number of fused-ring (bicyclic) bond motifs is 2. The molecule has 2 aromatic carbocycles. The van der Waals surface area contributed by atoms with Crippen LogP contribution in [0, 0.1) is 0 Å². The molecule has 2 heterocycles. The summed E-state index contributed by atoms with van der Waals surface area (Å²) in [6.45, 7) is 2.00. The SMILES string of the molecule is CC(=O)NCc1cc2cc(Cl)c(-c3ccc4sccc4c3)cc2[nH]1. The molecule has 2 aromatic heterocycles. The summed E-state index contributed by atoms with van der Waals surface area (Å²) >= 11 is 8.25. The van der Waals surface area contributed by atoms with E-state index < -0.39 is 0 Å². The van der Waals surface area contributed by atoms with Crippen molar-refractivity contribution in [2.75, 3.05) is 0 Å². The molecular weight excluding hydrogens is 340 g/mol. The lowest BCUT2D eigenvalue weighted by Gasteiger charge is -2.06. The highest BCUT2D eigenvalue weighted by Gasteiger charge is 2.09. The van der Waals surface area contributed by atoms with Gasteiger partial charge in [-0.3, -0.25) is 4.79 Å². The molecule has 0 unspecified atom stereocenters. The summed E-state index contributed by atoms with van der Waals surface area (Å²) < 4.78 is 1.27. The molecule has 4 rings (SSSR count). The number of rotatable bonds is 3. The molecule has 24 heavy (non-hydrogen) atoms. The lowest BCUT2D eigenvalue weighted by molar-refractivity contribution is -0.119. The highest BCUT2D eigenvalue weighted by Crippen LogP contribution is 2.34. The Morgan fingerprint density at radius 2 is 2.04 bits per heavy atom. The van der Waals surface area contributed by atoms with Crippen molar-refractivity contribution in [1.29, 1.82) is 0 Å². The van der Waals surface area contributed by atoms with Gasteiger partial charge in [0.1, 0.15) is 0 Å². The average Bonchev–Trinajstić information content (AvgIpc) is 3.17. The van der Waals surface area contributed by atoms with E-state index in [2.05, 4.69) is 46.0 Å². The monoisotopic (exact) mass is 354 g/mol. The predicted octanol–water partition coefficient (Wildman–Crippen LogP) is 5.34. The fourth-order valence-corrected chi connectivity index (χ4v) is 3.94. The molecule has 0 aliphatic heterocycles. The second kappa shape index (κ2) is 5.96. The van der Waals surface area contributed by atoms with Gasteiger partial charge in [-0.05, 0) is 52.7 Å². The number of aromatic nitrogens is 1. The predicted molar refractivity (Wildman–Crippen MR) is 102 cm³/mol. The van der Waals surface area contributed by atoms with Gasteiger partial charge in [-0.15, -0.1) is 11.3 Å². The second-order valence-corrected chi connectivity index (χ2v) is 7.15. The van der Waals surface area contributed by atoms with E-state index in [1.165, 1.54) is 17.0 Å². The first-order valence-corrected chi connectivity index (χ1v) is 8.89. The topological polar surface area (TPSA) is 44.9 Å². The van der Waals surface area contributed by atoms with E-state index in [1.807, 2.05) is 12.1 Å². The molecule has 0 spiro atoms. The van der Waals surface area contributed by atoms with Crippen LogP contribution in [0.2, 0.25) is 5.02 Å². The summed E-state index contributed by atoms with van der Waals surface area (Å²) in [6.07, 6.45) is 0. The lowest BCUT2D eigenvalue weighted by Crippen LogP contribution is -2.18. The highest BCUT2D eigenvalue weighted by molar-refractivity contribution is 7.17. The van der Waals surface area contributed by atoms with Crippen LogP contribution in [0.25, 0.3) is 32.1 Å². The van der Waals surface area contributed by atoms with Crippen molar-refractivity contribution in [2.45, 2.75) is 13.5 Å². The maximum atomic E-state index is 11.1. The molecule has 120 valence electrons. The van der Waals surface area contributed by atoms with Gasteiger partial charge in [0, 0.05) is 38.8 Å². The van der Waals surface area contributed by atoms with Gasteiger partial charge in [-0.1, -0.05) is 17.7 Å². The number of H-pyrrole nitrogens is 1. The van der Waals surface area contributed by atoms with E-state index in [1.54, 1.807) is 11.3 Å². The van der Waals surface area contributed by atoms with Crippen LogP contribution in [0.15, 0.2) is 47.8 Å². The molecule has 0 fully saturated rings. The number of benzene rings is 2. The molecular formula is C19H15ClN2OS. The average molecular weight is 355 g/mol. The van der Waals surface area contributed by atoms with Crippen molar-refractivity contribution in [3.63, 3.8) is 0 Å². The van der Waals surface area contributed by atoms with Crippen LogP contribution in [0.1, 0.15) is 12.6 Å². The largest absolute Gasteiger partial charge is 0.357 e. The molecule has 1 amide bonds. The number of hydrogen-bond donors (Lipinski definition) is 2. The van der Waals surface area contributed by atoms with Crippen LogP contribution in [0.3, 0.4) is 0 Å². The van der Waals surface area contributed by atoms with Gasteiger partial charge in [-0.25, -0.2) is 0 Å². The highest BCUT2D eigenvalue weighted by atomic mass is 35.5. The van der Waals surface area contributed by atoms with E-state index in [9.17, 15) is 4.79 Å². The molecule has 0 aliphatic rings. The van der Waals surface area contributed by atoms with Crippen molar-refractivity contribution in [2.24, 2.45) is 0 Å². The summed E-state index contributed by atoms with van der Waals surface area (Å²) in [6, 6.07) is 14.6.